The maximum atomic E-state index is 10.1. The smallest absolute Gasteiger partial charge is 0.125 e. The third-order valence-corrected chi connectivity index (χ3v) is 3.18. The molecule has 0 radical (unpaired) electrons. The molecule has 2 rings (SSSR count). The molecule has 1 saturated carbocycles. The van der Waals surface area contributed by atoms with Crippen molar-refractivity contribution in [3.8, 4) is 5.75 Å². The molecular formula is C14H20O2. The van der Waals surface area contributed by atoms with Crippen LogP contribution in [0.5, 0.6) is 5.75 Å². The number of hydrogen-bond acceptors (Lipinski definition) is 2. The van der Waals surface area contributed by atoms with Crippen molar-refractivity contribution in [1.82, 2.24) is 0 Å². The Bertz CT molecular complexity index is 357. The zero-order valence-corrected chi connectivity index (χ0v) is 10.3. The Morgan fingerprint density at radius 3 is 2.31 bits per heavy atom. The summed E-state index contributed by atoms with van der Waals surface area (Å²) in [4.78, 5) is 0. The van der Waals surface area contributed by atoms with Crippen LogP contribution in [0.25, 0.3) is 0 Å². The third-order valence-electron chi connectivity index (χ3n) is 3.18. The van der Waals surface area contributed by atoms with Gasteiger partial charge in [0.15, 0.2) is 0 Å². The van der Waals surface area contributed by atoms with E-state index in [9.17, 15) is 5.11 Å². The van der Waals surface area contributed by atoms with Crippen LogP contribution in [-0.2, 0) is 0 Å². The Labute approximate surface area is 97.3 Å². The van der Waals surface area contributed by atoms with E-state index in [2.05, 4.69) is 12.1 Å². The van der Waals surface area contributed by atoms with Crippen LogP contribution in [0, 0.1) is 19.8 Å². The van der Waals surface area contributed by atoms with Gasteiger partial charge in [-0.1, -0.05) is 0 Å². The first kappa shape index (κ1) is 11.5. The van der Waals surface area contributed by atoms with Crippen molar-refractivity contribution in [3.05, 3.63) is 28.8 Å². The molecular weight excluding hydrogens is 200 g/mol. The average Bonchev–Trinajstić information content (AvgIpc) is 3.05. The second-order valence-electron chi connectivity index (χ2n) is 4.70. The van der Waals surface area contributed by atoms with Gasteiger partial charge in [0.2, 0.25) is 0 Å². The Hall–Kier alpha value is -1.02. The van der Waals surface area contributed by atoms with Crippen LogP contribution in [0.15, 0.2) is 12.1 Å². The summed E-state index contributed by atoms with van der Waals surface area (Å²) in [5.41, 5.74) is 3.29. The van der Waals surface area contributed by atoms with Crippen molar-refractivity contribution in [2.24, 2.45) is 5.92 Å². The molecule has 1 aliphatic carbocycles. The van der Waals surface area contributed by atoms with E-state index in [1.165, 1.54) is 0 Å². The molecule has 1 fully saturated rings. The lowest BCUT2D eigenvalue weighted by Gasteiger charge is -2.16. The number of aryl methyl sites for hydroxylation is 2. The molecule has 0 bridgehead atoms. The van der Waals surface area contributed by atoms with Gasteiger partial charge in [-0.2, -0.15) is 0 Å². The summed E-state index contributed by atoms with van der Waals surface area (Å²) >= 11 is 0. The van der Waals surface area contributed by atoms with Gasteiger partial charge in [-0.15, -0.1) is 0 Å². The van der Waals surface area contributed by atoms with Crippen molar-refractivity contribution in [1.29, 1.82) is 0 Å². The lowest BCUT2D eigenvalue weighted by atomic mass is 9.99. The SMILES string of the molecule is CCOc1c(C)cc(C(O)C2CC2)cc1C. The van der Waals surface area contributed by atoms with E-state index in [4.69, 9.17) is 4.74 Å². The predicted octanol–water partition coefficient (Wildman–Crippen LogP) is 3.15. The number of benzene rings is 1. The molecule has 0 heterocycles. The number of aliphatic hydroxyl groups excluding tert-OH is 1. The van der Waals surface area contributed by atoms with Crippen molar-refractivity contribution in [3.63, 3.8) is 0 Å². The summed E-state index contributed by atoms with van der Waals surface area (Å²) < 4.78 is 5.60. The first-order chi connectivity index (χ1) is 7.63. The van der Waals surface area contributed by atoms with Crippen LogP contribution in [0.3, 0.4) is 0 Å². The largest absolute Gasteiger partial charge is 0.493 e. The van der Waals surface area contributed by atoms with Crippen molar-refractivity contribution in [2.75, 3.05) is 6.61 Å². The van der Waals surface area contributed by atoms with Crippen molar-refractivity contribution < 1.29 is 9.84 Å². The fourth-order valence-corrected chi connectivity index (χ4v) is 2.21. The topological polar surface area (TPSA) is 29.5 Å². The Morgan fingerprint density at radius 2 is 1.88 bits per heavy atom. The van der Waals surface area contributed by atoms with Crippen molar-refractivity contribution in [2.45, 2.75) is 39.7 Å². The lowest BCUT2D eigenvalue weighted by Crippen LogP contribution is -2.03. The summed E-state index contributed by atoms with van der Waals surface area (Å²) in [6.45, 7) is 6.76. The van der Waals surface area contributed by atoms with E-state index in [0.29, 0.717) is 12.5 Å². The Morgan fingerprint density at radius 1 is 1.31 bits per heavy atom. The van der Waals surface area contributed by atoms with Gasteiger partial charge >= 0.3 is 0 Å². The molecule has 0 aromatic heterocycles. The molecule has 16 heavy (non-hydrogen) atoms. The number of ether oxygens (including phenoxy) is 1. The van der Waals surface area contributed by atoms with Gasteiger partial charge in [-0.3, -0.25) is 0 Å². The first-order valence-electron chi connectivity index (χ1n) is 6.05. The summed E-state index contributed by atoms with van der Waals surface area (Å²) in [6, 6.07) is 4.11. The van der Waals surface area contributed by atoms with Crippen LogP contribution in [0.4, 0.5) is 0 Å². The second-order valence-corrected chi connectivity index (χ2v) is 4.70. The standard InChI is InChI=1S/C14H20O2/c1-4-16-14-9(2)7-12(8-10(14)3)13(15)11-5-6-11/h7-8,11,13,15H,4-6H2,1-3H3. The molecule has 1 atom stereocenters. The lowest BCUT2D eigenvalue weighted by molar-refractivity contribution is 0.153. The summed E-state index contributed by atoms with van der Waals surface area (Å²) in [5.74, 6) is 1.45. The maximum absolute atomic E-state index is 10.1. The van der Waals surface area contributed by atoms with E-state index in [1.807, 2.05) is 20.8 Å². The summed E-state index contributed by atoms with van der Waals surface area (Å²) in [7, 11) is 0. The molecule has 2 nitrogen and oxygen atoms in total. The summed E-state index contributed by atoms with van der Waals surface area (Å²) in [5, 5.41) is 10.1. The van der Waals surface area contributed by atoms with Crippen LogP contribution in [-0.4, -0.2) is 11.7 Å². The fourth-order valence-electron chi connectivity index (χ4n) is 2.21. The van der Waals surface area contributed by atoms with E-state index >= 15 is 0 Å². The highest BCUT2D eigenvalue weighted by Crippen LogP contribution is 2.42. The van der Waals surface area contributed by atoms with Gasteiger partial charge in [-0.25, -0.2) is 0 Å². The van der Waals surface area contributed by atoms with Gasteiger partial charge in [-0.05, 0) is 68.4 Å². The number of aliphatic hydroxyl groups is 1. The molecule has 0 aliphatic heterocycles. The zero-order valence-electron chi connectivity index (χ0n) is 10.3. The minimum atomic E-state index is -0.284. The Balaban J connectivity index is 2.28. The van der Waals surface area contributed by atoms with Gasteiger partial charge in [0, 0.05) is 0 Å². The minimum Gasteiger partial charge on any atom is -0.493 e. The van der Waals surface area contributed by atoms with Crippen LogP contribution < -0.4 is 4.74 Å². The molecule has 0 spiro atoms. The summed E-state index contributed by atoms with van der Waals surface area (Å²) in [6.07, 6.45) is 2.03. The molecule has 2 heteroatoms. The fraction of sp³-hybridized carbons (Fsp3) is 0.571. The minimum absolute atomic E-state index is 0.284. The maximum Gasteiger partial charge on any atom is 0.125 e. The molecule has 1 aromatic carbocycles. The van der Waals surface area contributed by atoms with Gasteiger partial charge < -0.3 is 9.84 Å². The van der Waals surface area contributed by atoms with Crippen LogP contribution in [0.2, 0.25) is 0 Å². The average molecular weight is 220 g/mol. The second kappa shape index (κ2) is 4.46. The molecule has 0 saturated heterocycles. The first-order valence-corrected chi connectivity index (χ1v) is 6.05. The highest BCUT2D eigenvalue weighted by Gasteiger charge is 2.31. The molecule has 1 unspecified atom stereocenters. The monoisotopic (exact) mass is 220 g/mol. The Kier molecular flexibility index (Phi) is 3.20. The van der Waals surface area contributed by atoms with E-state index in [1.54, 1.807) is 0 Å². The highest BCUT2D eigenvalue weighted by molar-refractivity contribution is 5.44. The number of hydrogen-bond donors (Lipinski definition) is 1. The molecule has 1 N–H and O–H groups in total. The van der Waals surface area contributed by atoms with E-state index in [-0.39, 0.29) is 6.10 Å². The quantitative estimate of drug-likeness (QED) is 0.844. The highest BCUT2D eigenvalue weighted by atomic mass is 16.5. The molecule has 0 amide bonds. The van der Waals surface area contributed by atoms with E-state index in [0.717, 1.165) is 35.3 Å². The number of rotatable bonds is 4. The third kappa shape index (κ3) is 2.22. The van der Waals surface area contributed by atoms with Crippen molar-refractivity contribution >= 4 is 0 Å². The normalized spacial score (nSPS) is 17.2. The van der Waals surface area contributed by atoms with Gasteiger partial charge in [0.1, 0.15) is 5.75 Å². The molecule has 1 aromatic rings. The van der Waals surface area contributed by atoms with Crippen LogP contribution in [0.1, 0.15) is 42.6 Å². The van der Waals surface area contributed by atoms with Gasteiger partial charge in [0.25, 0.3) is 0 Å². The van der Waals surface area contributed by atoms with E-state index < -0.39 is 0 Å². The van der Waals surface area contributed by atoms with Gasteiger partial charge in [0.05, 0.1) is 12.7 Å². The zero-order chi connectivity index (χ0) is 11.7. The predicted molar refractivity (Wildman–Crippen MR) is 64.8 cm³/mol. The molecule has 88 valence electrons. The van der Waals surface area contributed by atoms with Crippen LogP contribution >= 0.6 is 0 Å². The molecule has 1 aliphatic rings.